The zero-order valence-corrected chi connectivity index (χ0v) is 13.5. The predicted octanol–water partition coefficient (Wildman–Crippen LogP) is 3.25. The van der Waals surface area contributed by atoms with Gasteiger partial charge in [0.15, 0.2) is 5.79 Å². The third kappa shape index (κ3) is 3.65. The van der Waals surface area contributed by atoms with Crippen LogP contribution >= 0.6 is 15.9 Å². The monoisotopic (exact) mass is 353 g/mol. The van der Waals surface area contributed by atoms with Gasteiger partial charge in [0, 0.05) is 29.4 Å². The van der Waals surface area contributed by atoms with Crippen molar-refractivity contribution in [1.29, 1.82) is 0 Å². The summed E-state index contributed by atoms with van der Waals surface area (Å²) in [4.78, 5) is 12.1. The van der Waals surface area contributed by atoms with E-state index in [-0.39, 0.29) is 17.8 Å². The fourth-order valence-electron chi connectivity index (χ4n) is 3.01. The van der Waals surface area contributed by atoms with Crippen LogP contribution in [0.5, 0.6) is 0 Å². The van der Waals surface area contributed by atoms with Crippen molar-refractivity contribution in [1.82, 2.24) is 5.32 Å². The van der Waals surface area contributed by atoms with Crippen molar-refractivity contribution in [3.05, 3.63) is 34.3 Å². The van der Waals surface area contributed by atoms with E-state index >= 15 is 0 Å². The predicted molar refractivity (Wildman–Crippen MR) is 83.1 cm³/mol. The molecule has 1 N–H and O–H groups in total. The number of halogens is 1. The average Bonchev–Trinajstić information content (AvgIpc) is 2.88. The molecular formula is C16H20BrNO3. The van der Waals surface area contributed by atoms with Crippen LogP contribution in [0.4, 0.5) is 0 Å². The highest BCUT2D eigenvalue weighted by atomic mass is 79.9. The molecule has 1 aromatic carbocycles. The normalized spacial score (nSPS) is 24.1. The summed E-state index contributed by atoms with van der Waals surface area (Å²) >= 11 is 3.37. The second-order valence-corrected chi connectivity index (χ2v) is 6.66. The molecular weight excluding hydrogens is 334 g/mol. The van der Waals surface area contributed by atoms with E-state index in [4.69, 9.17) is 9.47 Å². The first-order valence-electron chi connectivity index (χ1n) is 7.52. The van der Waals surface area contributed by atoms with Crippen LogP contribution in [0.2, 0.25) is 0 Å². The summed E-state index contributed by atoms with van der Waals surface area (Å²) in [6, 6.07) is 7.36. The van der Waals surface area contributed by atoms with E-state index in [1.807, 2.05) is 18.2 Å². The molecule has 1 saturated heterocycles. The van der Waals surface area contributed by atoms with Crippen molar-refractivity contribution in [3.8, 4) is 0 Å². The molecule has 0 bridgehead atoms. The molecule has 1 aliphatic carbocycles. The van der Waals surface area contributed by atoms with Crippen molar-refractivity contribution in [2.45, 2.75) is 44.0 Å². The second kappa shape index (κ2) is 6.46. The first kappa shape index (κ1) is 15.0. The number of carbonyl (C=O) groups is 1. The van der Waals surface area contributed by atoms with Gasteiger partial charge in [-0.1, -0.05) is 28.4 Å². The number of nitrogens with one attached hydrogen (secondary N) is 1. The molecule has 2 fully saturated rings. The number of hydrogen-bond donors (Lipinski definition) is 1. The van der Waals surface area contributed by atoms with E-state index in [1.165, 1.54) is 6.42 Å². The highest BCUT2D eigenvalue weighted by Crippen LogP contribution is 2.37. The van der Waals surface area contributed by atoms with Gasteiger partial charge in [-0.05, 0) is 31.0 Å². The fourth-order valence-corrected chi connectivity index (χ4v) is 3.41. The second-order valence-electron chi connectivity index (χ2n) is 5.74. The summed E-state index contributed by atoms with van der Waals surface area (Å²) in [6.07, 6.45) is 5.50. The van der Waals surface area contributed by atoms with Crippen LogP contribution in [0.25, 0.3) is 0 Å². The van der Waals surface area contributed by atoms with E-state index in [9.17, 15) is 4.79 Å². The molecule has 1 aliphatic heterocycles. The standard InChI is InChI=1S/C16H20BrNO3/c17-13-6-4-5-12(9-13)15(19)18-10-14-11-20-16(21-14)7-2-1-3-8-16/h4-6,9,14H,1-3,7-8,10-11H2,(H,18,19)/t14-/m0/s1. The molecule has 114 valence electrons. The minimum atomic E-state index is -0.372. The van der Waals surface area contributed by atoms with Crippen LogP contribution in [0, 0.1) is 0 Å². The Kier molecular flexibility index (Phi) is 4.62. The van der Waals surface area contributed by atoms with Crippen LogP contribution in [-0.2, 0) is 9.47 Å². The number of hydrogen-bond acceptors (Lipinski definition) is 3. The molecule has 21 heavy (non-hydrogen) atoms. The van der Waals surface area contributed by atoms with Crippen molar-refractivity contribution < 1.29 is 14.3 Å². The maximum atomic E-state index is 12.1. The third-order valence-corrected chi connectivity index (χ3v) is 4.60. The zero-order valence-electron chi connectivity index (χ0n) is 11.9. The van der Waals surface area contributed by atoms with Crippen LogP contribution in [0.1, 0.15) is 42.5 Å². The van der Waals surface area contributed by atoms with E-state index in [0.717, 1.165) is 30.2 Å². The van der Waals surface area contributed by atoms with Crippen molar-refractivity contribution in [2.24, 2.45) is 0 Å². The average molecular weight is 354 g/mol. The van der Waals surface area contributed by atoms with Gasteiger partial charge in [0.25, 0.3) is 5.91 Å². The van der Waals surface area contributed by atoms with E-state index in [0.29, 0.717) is 18.7 Å². The Hall–Kier alpha value is -0.910. The Morgan fingerprint density at radius 2 is 2.14 bits per heavy atom. The topological polar surface area (TPSA) is 47.6 Å². The summed E-state index contributed by atoms with van der Waals surface area (Å²) < 4.78 is 12.8. The van der Waals surface area contributed by atoms with Crippen molar-refractivity contribution in [3.63, 3.8) is 0 Å². The highest BCUT2D eigenvalue weighted by Gasteiger charge is 2.42. The number of rotatable bonds is 3. The van der Waals surface area contributed by atoms with Gasteiger partial charge in [-0.3, -0.25) is 4.79 Å². The molecule has 1 saturated carbocycles. The van der Waals surface area contributed by atoms with Crippen LogP contribution in [-0.4, -0.2) is 30.9 Å². The number of ether oxygens (including phenoxy) is 2. The van der Waals surface area contributed by atoms with Gasteiger partial charge in [0.1, 0.15) is 6.10 Å². The summed E-state index contributed by atoms with van der Waals surface area (Å²) in [5.74, 6) is -0.451. The van der Waals surface area contributed by atoms with Gasteiger partial charge >= 0.3 is 0 Å². The summed E-state index contributed by atoms with van der Waals surface area (Å²) in [5, 5.41) is 2.93. The Balaban J connectivity index is 1.51. The minimum absolute atomic E-state index is 0.0424. The van der Waals surface area contributed by atoms with Crippen LogP contribution in [0.15, 0.2) is 28.7 Å². The molecule has 1 atom stereocenters. The maximum Gasteiger partial charge on any atom is 0.251 e. The quantitative estimate of drug-likeness (QED) is 0.907. The first-order chi connectivity index (χ1) is 10.2. The molecule has 1 spiro atoms. The van der Waals surface area contributed by atoms with Gasteiger partial charge in [-0.2, -0.15) is 0 Å². The molecule has 1 heterocycles. The minimum Gasteiger partial charge on any atom is -0.349 e. The first-order valence-corrected chi connectivity index (χ1v) is 8.32. The van der Waals surface area contributed by atoms with Gasteiger partial charge in [0.2, 0.25) is 0 Å². The smallest absolute Gasteiger partial charge is 0.251 e. The van der Waals surface area contributed by atoms with Crippen molar-refractivity contribution >= 4 is 21.8 Å². The molecule has 3 rings (SSSR count). The molecule has 2 aliphatic rings. The van der Waals surface area contributed by atoms with Crippen LogP contribution in [0.3, 0.4) is 0 Å². The highest BCUT2D eigenvalue weighted by molar-refractivity contribution is 9.10. The zero-order chi connectivity index (χ0) is 14.7. The lowest BCUT2D eigenvalue weighted by atomic mass is 9.94. The summed E-state index contributed by atoms with van der Waals surface area (Å²) in [7, 11) is 0. The molecule has 0 radical (unpaired) electrons. The Morgan fingerprint density at radius 3 is 2.90 bits per heavy atom. The van der Waals surface area contributed by atoms with Gasteiger partial charge in [-0.25, -0.2) is 0 Å². The summed E-state index contributed by atoms with van der Waals surface area (Å²) in [6.45, 7) is 1.06. The van der Waals surface area contributed by atoms with Gasteiger partial charge < -0.3 is 14.8 Å². The lowest BCUT2D eigenvalue weighted by Gasteiger charge is -2.31. The number of carbonyl (C=O) groups excluding carboxylic acids is 1. The molecule has 1 amide bonds. The largest absolute Gasteiger partial charge is 0.349 e. The molecule has 0 unspecified atom stereocenters. The lowest BCUT2D eigenvalue weighted by Crippen LogP contribution is -2.37. The molecule has 1 aromatic rings. The SMILES string of the molecule is O=C(NC[C@H]1COC2(CCCCC2)O1)c1cccc(Br)c1. The third-order valence-electron chi connectivity index (χ3n) is 4.11. The number of amides is 1. The lowest BCUT2D eigenvalue weighted by molar-refractivity contribution is -0.186. The molecule has 5 heteroatoms. The Labute approximate surface area is 133 Å². The Morgan fingerprint density at radius 1 is 1.33 bits per heavy atom. The van der Waals surface area contributed by atoms with E-state index in [2.05, 4.69) is 21.2 Å². The van der Waals surface area contributed by atoms with Crippen LogP contribution < -0.4 is 5.32 Å². The fraction of sp³-hybridized carbons (Fsp3) is 0.562. The molecule has 0 aromatic heterocycles. The molecule has 4 nitrogen and oxygen atoms in total. The number of benzene rings is 1. The van der Waals surface area contributed by atoms with E-state index in [1.54, 1.807) is 6.07 Å². The van der Waals surface area contributed by atoms with Gasteiger partial charge in [-0.15, -0.1) is 0 Å². The van der Waals surface area contributed by atoms with Gasteiger partial charge in [0.05, 0.1) is 6.61 Å². The maximum absolute atomic E-state index is 12.1. The summed E-state index contributed by atoms with van der Waals surface area (Å²) in [5.41, 5.74) is 0.649. The Bertz CT molecular complexity index is 514. The van der Waals surface area contributed by atoms with Crippen molar-refractivity contribution in [2.75, 3.05) is 13.2 Å². The van der Waals surface area contributed by atoms with E-state index < -0.39 is 0 Å².